The molecule has 0 saturated carbocycles. The molecule has 1 aromatic rings. The van der Waals surface area contributed by atoms with Crippen LogP contribution in [0.15, 0.2) is 30.3 Å². The Morgan fingerprint density at radius 2 is 1.81 bits per heavy atom. The van der Waals surface area contributed by atoms with Crippen LogP contribution in [-0.2, 0) is 16.0 Å². The molecule has 0 aliphatic heterocycles. The molecular formula is C14H20O2. The number of Topliss-reactive ketones (excluding diaryl/α,β-unsaturated/α-hetero) is 1. The van der Waals surface area contributed by atoms with Gasteiger partial charge in [-0.15, -0.1) is 0 Å². The molecular weight excluding hydrogens is 200 g/mol. The van der Waals surface area contributed by atoms with Crippen LogP contribution < -0.4 is 0 Å². The van der Waals surface area contributed by atoms with E-state index in [4.69, 9.17) is 4.74 Å². The Kier molecular flexibility index (Phi) is 6.50. The molecule has 0 unspecified atom stereocenters. The van der Waals surface area contributed by atoms with Crippen molar-refractivity contribution in [1.82, 2.24) is 0 Å². The van der Waals surface area contributed by atoms with Crippen molar-refractivity contribution in [2.75, 3.05) is 13.2 Å². The molecule has 88 valence electrons. The summed E-state index contributed by atoms with van der Waals surface area (Å²) in [6, 6.07) is 10.4. The monoisotopic (exact) mass is 220 g/mol. The maximum absolute atomic E-state index is 10.7. The summed E-state index contributed by atoms with van der Waals surface area (Å²) in [4.78, 5) is 10.7. The summed E-state index contributed by atoms with van der Waals surface area (Å²) in [5.74, 6) is 0.243. The molecule has 2 nitrogen and oxygen atoms in total. The van der Waals surface area contributed by atoms with Gasteiger partial charge in [0.15, 0.2) is 0 Å². The van der Waals surface area contributed by atoms with E-state index in [1.807, 2.05) is 6.07 Å². The third-order valence-electron chi connectivity index (χ3n) is 2.41. The highest BCUT2D eigenvalue weighted by Crippen LogP contribution is 2.02. The lowest BCUT2D eigenvalue weighted by atomic mass is 10.1. The molecule has 0 aromatic heterocycles. The molecule has 0 fully saturated rings. The van der Waals surface area contributed by atoms with E-state index in [1.54, 1.807) is 6.92 Å². The Bertz CT molecular complexity index is 293. The lowest BCUT2D eigenvalue weighted by molar-refractivity contribution is -0.117. The summed E-state index contributed by atoms with van der Waals surface area (Å²) in [6.45, 7) is 3.11. The fourth-order valence-electron chi connectivity index (χ4n) is 1.55. The van der Waals surface area contributed by atoms with Gasteiger partial charge in [-0.2, -0.15) is 0 Å². The van der Waals surface area contributed by atoms with Crippen LogP contribution in [0.1, 0.15) is 31.7 Å². The van der Waals surface area contributed by atoms with E-state index >= 15 is 0 Å². The van der Waals surface area contributed by atoms with Crippen molar-refractivity contribution in [3.8, 4) is 0 Å². The van der Waals surface area contributed by atoms with Crippen LogP contribution in [0.4, 0.5) is 0 Å². The second-order valence-electron chi connectivity index (χ2n) is 4.01. The minimum Gasteiger partial charge on any atom is -0.381 e. The molecule has 0 atom stereocenters. The molecule has 0 aliphatic carbocycles. The summed E-state index contributed by atoms with van der Waals surface area (Å²) in [6.07, 6.45) is 3.59. The number of hydrogen-bond acceptors (Lipinski definition) is 2. The van der Waals surface area contributed by atoms with E-state index in [9.17, 15) is 4.79 Å². The Hall–Kier alpha value is -1.15. The third-order valence-corrected chi connectivity index (χ3v) is 2.41. The topological polar surface area (TPSA) is 26.3 Å². The fraction of sp³-hybridized carbons (Fsp3) is 0.500. The van der Waals surface area contributed by atoms with Gasteiger partial charge in [0.1, 0.15) is 5.78 Å². The average molecular weight is 220 g/mol. The maximum Gasteiger partial charge on any atom is 0.129 e. The van der Waals surface area contributed by atoms with E-state index in [0.29, 0.717) is 13.0 Å². The number of rotatable bonds is 8. The molecule has 0 radical (unpaired) electrons. The first-order chi connectivity index (χ1) is 7.79. The van der Waals surface area contributed by atoms with Gasteiger partial charge in [0, 0.05) is 19.6 Å². The van der Waals surface area contributed by atoms with Crippen LogP contribution in [-0.4, -0.2) is 19.0 Å². The Morgan fingerprint density at radius 1 is 1.12 bits per heavy atom. The van der Waals surface area contributed by atoms with Crippen molar-refractivity contribution >= 4 is 5.78 Å². The molecule has 2 heteroatoms. The number of carbonyl (C=O) groups is 1. The van der Waals surface area contributed by atoms with E-state index in [-0.39, 0.29) is 5.78 Å². The minimum absolute atomic E-state index is 0.243. The van der Waals surface area contributed by atoms with Gasteiger partial charge in [0.25, 0.3) is 0 Å². The molecule has 0 amide bonds. The number of aryl methyl sites for hydroxylation is 1. The van der Waals surface area contributed by atoms with Crippen LogP contribution >= 0.6 is 0 Å². The van der Waals surface area contributed by atoms with Gasteiger partial charge in [-0.25, -0.2) is 0 Å². The van der Waals surface area contributed by atoms with Crippen LogP contribution in [0.25, 0.3) is 0 Å². The quantitative estimate of drug-likeness (QED) is 0.629. The Balaban J connectivity index is 1.94. The lowest BCUT2D eigenvalue weighted by Crippen LogP contribution is -2.00. The highest BCUT2D eigenvalue weighted by atomic mass is 16.5. The summed E-state index contributed by atoms with van der Waals surface area (Å²) < 4.78 is 5.45. The molecule has 0 heterocycles. The second kappa shape index (κ2) is 8.05. The van der Waals surface area contributed by atoms with Crippen LogP contribution in [0.3, 0.4) is 0 Å². The summed E-state index contributed by atoms with van der Waals surface area (Å²) in [5, 5.41) is 0. The molecule has 0 bridgehead atoms. The number of benzene rings is 1. The molecule has 1 rings (SSSR count). The molecule has 1 aromatic carbocycles. The molecule has 0 aliphatic rings. The van der Waals surface area contributed by atoms with E-state index in [1.165, 1.54) is 5.56 Å². The predicted octanol–water partition coefficient (Wildman–Crippen LogP) is 3.01. The number of hydrogen-bond donors (Lipinski definition) is 0. The first kappa shape index (κ1) is 12.9. The zero-order valence-corrected chi connectivity index (χ0v) is 9.95. The second-order valence-corrected chi connectivity index (χ2v) is 4.01. The zero-order chi connectivity index (χ0) is 11.6. The Morgan fingerprint density at radius 3 is 2.50 bits per heavy atom. The Labute approximate surface area is 97.6 Å². The SMILES string of the molecule is CC(=O)CCCOCCCc1ccccc1. The standard InChI is InChI=1S/C14H20O2/c1-13(15)7-5-11-16-12-6-10-14-8-3-2-4-9-14/h2-4,8-9H,5-7,10-12H2,1H3. The maximum atomic E-state index is 10.7. The van der Waals surface area contributed by atoms with Crippen LogP contribution in [0, 0.1) is 0 Å². The molecule has 0 N–H and O–H groups in total. The van der Waals surface area contributed by atoms with Crippen LogP contribution in [0.2, 0.25) is 0 Å². The predicted molar refractivity (Wildman–Crippen MR) is 65.5 cm³/mol. The van der Waals surface area contributed by atoms with Crippen LogP contribution in [0.5, 0.6) is 0 Å². The smallest absolute Gasteiger partial charge is 0.129 e. The van der Waals surface area contributed by atoms with Crippen molar-refractivity contribution in [3.05, 3.63) is 35.9 Å². The van der Waals surface area contributed by atoms with Gasteiger partial charge < -0.3 is 9.53 Å². The van der Waals surface area contributed by atoms with Crippen molar-refractivity contribution in [1.29, 1.82) is 0 Å². The first-order valence-corrected chi connectivity index (χ1v) is 5.90. The molecule has 16 heavy (non-hydrogen) atoms. The zero-order valence-electron chi connectivity index (χ0n) is 9.95. The highest BCUT2D eigenvalue weighted by molar-refractivity contribution is 5.75. The van der Waals surface area contributed by atoms with Gasteiger partial charge in [0.2, 0.25) is 0 Å². The van der Waals surface area contributed by atoms with Gasteiger partial charge in [0.05, 0.1) is 0 Å². The number of carbonyl (C=O) groups excluding carboxylic acids is 1. The summed E-state index contributed by atoms with van der Waals surface area (Å²) in [7, 11) is 0. The van der Waals surface area contributed by atoms with Crippen molar-refractivity contribution < 1.29 is 9.53 Å². The summed E-state index contributed by atoms with van der Waals surface area (Å²) in [5.41, 5.74) is 1.36. The van der Waals surface area contributed by atoms with Gasteiger partial charge >= 0.3 is 0 Å². The first-order valence-electron chi connectivity index (χ1n) is 5.90. The van der Waals surface area contributed by atoms with E-state index in [0.717, 1.165) is 25.9 Å². The van der Waals surface area contributed by atoms with Crippen molar-refractivity contribution in [2.24, 2.45) is 0 Å². The van der Waals surface area contributed by atoms with Crippen molar-refractivity contribution in [3.63, 3.8) is 0 Å². The van der Waals surface area contributed by atoms with Gasteiger partial charge in [-0.3, -0.25) is 0 Å². The largest absolute Gasteiger partial charge is 0.381 e. The van der Waals surface area contributed by atoms with E-state index in [2.05, 4.69) is 24.3 Å². The number of ketones is 1. The lowest BCUT2D eigenvalue weighted by Gasteiger charge is -2.03. The number of ether oxygens (including phenoxy) is 1. The van der Waals surface area contributed by atoms with Gasteiger partial charge in [-0.05, 0) is 31.7 Å². The average Bonchev–Trinajstić information content (AvgIpc) is 2.29. The van der Waals surface area contributed by atoms with Gasteiger partial charge in [-0.1, -0.05) is 30.3 Å². The fourth-order valence-corrected chi connectivity index (χ4v) is 1.55. The molecule has 0 saturated heterocycles. The van der Waals surface area contributed by atoms with Crippen molar-refractivity contribution in [2.45, 2.75) is 32.6 Å². The van der Waals surface area contributed by atoms with E-state index < -0.39 is 0 Å². The normalized spacial score (nSPS) is 10.3. The third kappa shape index (κ3) is 6.36. The molecule has 0 spiro atoms. The highest BCUT2D eigenvalue weighted by Gasteiger charge is 1.95. The summed E-state index contributed by atoms with van der Waals surface area (Å²) >= 11 is 0. The minimum atomic E-state index is 0.243.